The third kappa shape index (κ3) is 3.70. The fourth-order valence-electron chi connectivity index (χ4n) is 1.51. The summed E-state index contributed by atoms with van der Waals surface area (Å²) in [7, 11) is 0. The summed E-state index contributed by atoms with van der Waals surface area (Å²) in [6.45, 7) is 5.88. The molecule has 0 fully saturated rings. The highest BCUT2D eigenvalue weighted by molar-refractivity contribution is 5.94. The molecule has 0 aliphatic heterocycles. The van der Waals surface area contributed by atoms with E-state index in [0.29, 0.717) is 18.0 Å². The van der Waals surface area contributed by atoms with E-state index in [-0.39, 0.29) is 12.6 Å². The molecule has 1 rings (SSSR count). The van der Waals surface area contributed by atoms with E-state index in [1.165, 1.54) is 0 Å². The Kier molecular flexibility index (Phi) is 5.58. The first kappa shape index (κ1) is 14.4. The summed E-state index contributed by atoms with van der Waals surface area (Å²) in [5, 5.41) is 12.2. The zero-order chi connectivity index (χ0) is 13.5. The predicted molar refractivity (Wildman–Crippen MR) is 69.7 cm³/mol. The highest BCUT2D eigenvalue weighted by Crippen LogP contribution is 2.16. The Labute approximate surface area is 107 Å². The lowest BCUT2D eigenvalue weighted by atomic mass is 10.2. The Morgan fingerprint density at radius 2 is 2.22 bits per heavy atom. The fraction of sp³-hybridized carbons (Fsp3) is 0.538. The largest absolute Gasteiger partial charge is 0.462 e. The van der Waals surface area contributed by atoms with Gasteiger partial charge in [0.05, 0.1) is 19.3 Å². The molecule has 0 amide bonds. The number of aromatic nitrogens is 1. The van der Waals surface area contributed by atoms with Gasteiger partial charge in [-0.25, -0.2) is 9.78 Å². The normalized spacial score (nSPS) is 12.0. The van der Waals surface area contributed by atoms with Gasteiger partial charge in [0, 0.05) is 5.69 Å². The number of esters is 1. The first-order valence-corrected chi connectivity index (χ1v) is 6.14. The van der Waals surface area contributed by atoms with E-state index >= 15 is 0 Å². The predicted octanol–water partition coefficient (Wildman–Crippen LogP) is 1.75. The topological polar surface area (TPSA) is 71.5 Å². The molecule has 1 unspecified atom stereocenters. The van der Waals surface area contributed by atoms with Gasteiger partial charge in [-0.2, -0.15) is 0 Å². The number of ether oxygens (including phenoxy) is 1. The third-order valence-electron chi connectivity index (χ3n) is 2.58. The molecule has 18 heavy (non-hydrogen) atoms. The number of anilines is 1. The van der Waals surface area contributed by atoms with Gasteiger partial charge in [0.2, 0.25) is 0 Å². The van der Waals surface area contributed by atoms with Crippen LogP contribution in [0.3, 0.4) is 0 Å². The lowest BCUT2D eigenvalue weighted by molar-refractivity contribution is 0.0527. The van der Waals surface area contributed by atoms with Crippen molar-refractivity contribution in [2.45, 2.75) is 33.2 Å². The molecule has 1 aromatic heterocycles. The molecule has 100 valence electrons. The number of pyridine rings is 1. The summed E-state index contributed by atoms with van der Waals surface area (Å²) >= 11 is 0. The van der Waals surface area contributed by atoms with Gasteiger partial charge in [-0.3, -0.25) is 0 Å². The molecule has 0 aliphatic rings. The van der Waals surface area contributed by atoms with Crippen LogP contribution in [0, 0.1) is 6.92 Å². The van der Waals surface area contributed by atoms with Crippen LogP contribution >= 0.6 is 0 Å². The molecular weight excluding hydrogens is 232 g/mol. The van der Waals surface area contributed by atoms with Crippen LogP contribution in [-0.4, -0.2) is 35.3 Å². The van der Waals surface area contributed by atoms with Crippen LogP contribution in [0.15, 0.2) is 12.1 Å². The van der Waals surface area contributed by atoms with E-state index < -0.39 is 5.97 Å². The van der Waals surface area contributed by atoms with E-state index in [0.717, 1.165) is 12.1 Å². The quantitative estimate of drug-likeness (QED) is 0.755. The smallest absolute Gasteiger partial charge is 0.341 e. The van der Waals surface area contributed by atoms with Crippen LogP contribution in [0.25, 0.3) is 0 Å². The van der Waals surface area contributed by atoms with Gasteiger partial charge >= 0.3 is 5.97 Å². The lowest BCUT2D eigenvalue weighted by Gasteiger charge is -2.17. The summed E-state index contributed by atoms with van der Waals surface area (Å²) in [4.78, 5) is 16.1. The molecule has 0 spiro atoms. The van der Waals surface area contributed by atoms with Gasteiger partial charge in [-0.15, -0.1) is 0 Å². The minimum Gasteiger partial charge on any atom is -0.462 e. The number of aliphatic hydroxyl groups is 1. The molecule has 0 saturated carbocycles. The monoisotopic (exact) mass is 252 g/mol. The van der Waals surface area contributed by atoms with Crippen molar-refractivity contribution in [3.05, 3.63) is 23.4 Å². The van der Waals surface area contributed by atoms with Gasteiger partial charge in [0.25, 0.3) is 0 Å². The second-order valence-electron chi connectivity index (χ2n) is 4.00. The van der Waals surface area contributed by atoms with Crippen LogP contribution in [0.1, 0.15) is 36.3 Å². The summed E-state index contributed by atoms with van der Waals surface area (Å²) in [6.07, 6.45) is 0.744. The third-order valence-corrected chi connectivity index (χ3v) is 2.58. The molecule has 0 bridgehead atoms. The number of carbonyl (C=O) groups excluding carboxylic acids is 1. The van der Waals surface area contributed by atoms with Gasteiger partial charge in [0.1, 0.15) is 11.4 Å². The minimum atomic E-state index is -0.403. The number of aliphatic hydroxyl groups excluding tert-OH is 1. The van der Waals surface area contributed by atoms with Crippen LogP contribution in [0.2, 0.25) is 0 Å². The molecule has 0 saturated heterocycles. The Bertz CT molecular complexity index is 403. The Hall–Kier alpha value is -1.62. The van der Waals surface area contributed by atoms with E-state index in [1.807, 2.05) is 13.8 Å². The Morgan fingerprint density at radius 3 is 2.78 bits per heavy atom. The SMILES string of the molecule is CCOC(=O)c1ccc(C)nc1NC(CC)CO. The second kappa shape index (κ2) is 6.96. The van der Waals surface area contributed by atoms with Crippen molar-refractivity contribution in [3.8, 4) is 0 Å². The highest BCUT2D eigenvalue weighted by Gasteiger charge is 2.16. The number of hydrogen-bond donors (Lipinski definition) is 2. The van der Waals surface area contributed by atoms with Gasteiger partial charge < -0.3 is 15.2 Å². The van der Waals surface area contributed by atoms with Crippen molar-refractivity contribution in [1.29, 1.82) is 0 Å². The number of carbonyl (C=O) groups is 1. The Morgan fingerprint density at radius 1 is 1.50 bits per heavy atom. The number of rotatable bonds is 6. The number of hydrogen-bond acceptors (Lipinski definition) is 5. The average Bonchev–Trinajstić information content (AvgIpc) is 2.36. The van der Waals surface area contributed by atoms with Crippen LogP contribution in [-0.2, 0) is 4.74 Å². The molecule has 0 aromatic carbocycles. The van der Waals surface area contributed by atoms with Crippen LogP contribution < -0.4 is 5.32 Å². The van der Waals surface area contributed by atoms with Crippen molar-refractivity contribution >= 4 is 11.8 Å². The lowest BCUT2D eigenvalue weighted by Crippen LogP contribution is -2.25. The van der Waals surface area contributed by atoms with Crippen LogP contribution in [0.5, 0.6) is 0 Å². The van der Waals surface area contributed by atoms with Gasteiger partial charge in [-0.1, -0.05) is 6.92 Å². The zero-order valence-electron chi connectivity index (χ0n) is 11.1. The van der Waals surface area contributed by atoms with Crippen LogP contribution in [0.4, 0.5) is 5.82 Å². The van der Waals surface area contributed by atoms with E-state index in [2.05, 4.69) is 10.3 Å². The number of nitrogens with one attached hydrogen (secondary N) is 1. The molecule has 0 aliphatic carbocycles. The van der Waals surface area contributed by atoms with Crippen molar-refractivity contribution in [2.24, 2.45) is 0 Å². The summed E-state index contributed by atoms with van der Waals surface area (Å²) < 4.78 is 4.98. The maximum absolute atomic E-state index is 11.8. The first-order valence-electron chi connectivity index (χ1n) is 6.14. The fourth-order valence-corrected chi connectivity index (χ4v) is 1.51. The number of nitrogens with zero attached hydrogens (tertiary/aromatic N) is 1. The van der Waals surface area contributed by atoms with E-state index in [1.54, 1.807) is 19.1 Å². The maximum atomic E-state index is 11.8. The highest BCUT2D eigenvalue weighted by atomic mass is 16.5. The molecule has 5 nitrogen and oxygen atoms in total. The number of aryl methyl sites for hydroxylation is 1. The minimum absolute atomic E-state index is 0.00557. The summed E-state index contributed by atoms with van der Waals surface area (Å²) in [6, 6.07) is 3.33. The molecule has 1 heterocycles. The van der Waals surface area contributed by atoms with Crippen molar-refractivity contribution < 1.29 is 14.6 Å². The Balaban J connectivity index is 2.99. The summed E-state index contributed by atoms with van der Waals surface area (Å²) in [5.74, 6) is 0.0645. The molecule has 1 atom stereocenters. The molecular formula is C13H20N2O3. The van der Waals surface area contributed by atoms with Gasteiger partial charge in [0.15, 0.2) is 0 Å². The van der Waals surface area contributed by atoms with E-state index in [4.69, 9.17) is 4.74 Å². The molecule has 0 radical (unpaired) electrons. The van der Waals surface area contributed by atoms with Crippen molar-refractivity contribution in [3.63, 3.8) is 0 Å². The molecule has 1 aromatic rings. The average molecular weight is 252 g/mol. The standard InChI is InChI=1S/C13H20N2O3/c1-4-10(8-16)15-12-11(13(17)18-5-2)7-6-9(3)14-12/h6-7,10,16H,4-5,8H2,1-3H3,(H,14,15). The second-order valence-corrected chi connectivity index (χ2v) is 4.00. The summed E-state index contributed by atoms with van der Waals surface area (Å²) in [5.41, 5.74) is 1.20. The van der Waals surface area contributed by atoms with Gasteiger partial charge in [-0.05, 0) is 32.4 Å². The van der Waals surface area contributed by atoms with E-state index in [9.17, 15) is 9.90 Å². The van der Waals surface area contributed by atoms with Crippen molar-refractivity contribution in [2.75, 3.05) is 18.5 Å². The zero-order valence-corrected chi connectivity index (χ0v) is 11.1. The molecule has 2 N–H and O–H groups in total. The van der Waals surface area contributed by atoms with Crippen molar-refractivity contribution in [1.82, 2.24) is 4.98 Å². The first-order chi connectivity index (χ1) is 8.62. The maximum Gasteiger partial charge on any atom is 0.341 e. The molecule has 5 heteroatoms.